The van der Waals surface area contributed by atoms with Crippen molar-refractivity contribution in [2.75, 3.05) is 38.7 Å². The Morgan fingerprint density at radius 3 is 2.55 bits per heavy atom. The molecule has 4 rings (SSSR count). The number of hydrogen-bond acceptors (Lipinski definition) is 5. The Bertz CT molecular complexity index is 991. The van der Waals surface area contributed by atoms with E-state index < -0.39 is 0 Å². The van der Waals surface area contributed by atoms with Gasteiger partial charge in [0, 0.05) is 38.2 Å². The summed E-state index contributed by atoms with van der Waals surface area (Å²) in [7, 11) is 1.71. The van der Waals surface area contributed by atoms with Gasteiger partial charge in [0.1, 0.15) is 11.4 Å². The van der Waals surface area contributed by atoms with E-state index in [4.69, 9.17) is 9.26 Å². The molecular weight excluding hydrogens is 392 g/mol. The summed E-state index contributed by atoms with van der Waals surface area (Å²) in [6.45, 7) is 4.94. The highest BCUT2D eigenvalue weighted by molar-refractivity contribution is 5.94. The van der Waals surface area contributed by atoms with Gasteiger partial charge in [0.15, 0.2) is 5.76 Å². The van der Waals surface area contributed by atoms with Crippen molar-refractivity contribution in [1.29, 1.82) is 0 Å². The van der Waals surface area contributed by atoms with E-state index >= 15 is 0 Å². The predicted molar refractivity (Wildman–Crippen MR) is 120 cm³/mol. The zero-order valence-corrected chi connectivity index (χ0v) is 17.9. The largest absolute Gasteiger partial charge is 0.383 e. The average molecular weight is 421 g/mol. The third-order valence-electron chi connectivity index (χ3n) is 5.70. The highest BCUT2D eigenvalue weighted by atomic mass is 16.5. The molecule has 2 amide bonds. The van der Waals surface area contributed by atoms with Crippen LogP contribution in [0.2, 0.25) is 0 Å². The van der Waals surface area contributed by atoms with Gasteiger partial charge in [-0.1, -0.05) is 65.8 Å². The van der Waals surface area contributed by atoms with Crippen molar-refractivity contribution >= 4 is 11.7 Å². The second-order valence-electron chi connectivity index (χ2n) is 7.80. The van der Waals surface area contributed by atoms with Gasteiger partial charge in [-0.2, -0.15) is 0 Å². The number of hydrogen-bond donors (Lipinski definition) is 2. The first-order valence-electron chi connectivity index (χ1n) is 10.5. The van der Waals surface area contributed by atoms with E-state index in [0.29, 0.717) is 23.7 Å². The Morgan fingerprint density at radius 2 is 1.84 bits per heavy atom. The third-order valence-corrected chi connectivity index (χ3v) is 5.70. The fraction of sp³-hybridized carbons (Fsp3) is 0.333. The fourth-order valence-electron chi connectivity index (χ4n) is 4.10. The van der Waals surface area contributed by atoms with Crippen molar-refractivity contribution in [2.45, 2.75) is 18.9 Å². The van der Waals surface area contributed by atoms with Crippen LogP contribution in [-0.4, -0.2) is 55.5 Å². The molecule has 3 aromatic rings. The van der Waals surface area contributed by atoms with Gasteiger partial charge in [0.05, 0.1) is 12.6 Å². The summed E-state index contributed by atoms with van der Waals surface area (Å²) in [5.74, 6) is 0.780. The van der Waals surface area contributed by atoms with E-state index in [9.17, 15) is 4.79 Å². The number of nitrogens with zero attached hydrogens (tertiary/aromatic N) is 2. The molecule has 1 fully saturated rings. The molecular formula is C24H28N4O3. The maximum atomic E-state index is 13.0. The number of rotatable bonds is 7. The molecule has 0 spiro atoms. The number of aromatic nitrogens is 1. The molecule has 1 aliphatic rings. The summed E-state index contributed by atoms with van der Waals surface area (Å²) < 4.78 is 10.6. The first-order chi connectivity index (χ1) is 15.2. The number of carbonyl (C=O) groups excluding carboxylic acids is 1. The summed E-state index contributed by atoms with van der Waals surface area (Å²) in [5.41, 5.74) is 3.33. The molecule has 7 nitrogen and oxygen atoms in total. The molecule has 0 aliphatic carbocycles. The molecule has 2 atom stereocenters. The maximum absolute atomic E-state index is 13.0. The number of urea groups is 1. The Morgan fingerprint density at radius 1 is 1.13 bits per heavy atom. The molecule has 2 N–H and O–H groups in total. The lowest BCUT2D eigenvalue weighted by Gasteiger charge is -2.20. The van der Waals surface area contributed by atoms with Gasteiger partial charge in [0.2, 0.25) is 0 Å². The van der Waals surface area contributed by atoms with Gasteiger partial charge in [-0.25, -0.2) is 4.79 Å². The molecule has 162 valence electrons. The number of nitrogens with one attached hydrogen (secondary N) is 2. The van der Waals surface area contributed by atoms with E-state index in [0.717, 1.165) is 25.2 Å². The first-order valence-corrected chi connectivity index (χ1v) is 10.5. The summed E-state index contributed by atoms with van der Waals surface area (Å²) in [5, 5.41) is 10.3. The summed E-state index contributed by atoms with van der Waals surface area (Å²) in [6.07, 6.45) is 0. The minimum atomic E-state index is -0.261. The number of amides is 2. The Balaban J connectivity index is 1.49. The van der Waals surface area contributed by atoms with E-state index in [2.05, 4.69) is 32.8 Å². The molecule has 1 saturated heterocycles. The molecule has 0 radical (unpaired) electrons. The van der Waals surface area contributed by atoms with Crippen LogP contribution in [0.15, 0.2) is 65.2 Å². The zero-order valence-electron chi connectivity index (χ0n) is 17.9. The minimum Gasteiger partial charge on any atom is -0.383 e. The lowest BCUT2D eigenvalue weighted by molar-refractivity contribution is 0.159. The second kappa shape index (κ2) is 9.76. The van der Waals surface area contributed by atoms with Gasteiger partial charge in [0.25, 0.3) is 0 Å². The van der Waals surface area contributed by atoms with Gasteiger partial charge >= 0.3 is 6.03 Å². The van der Waals surface area contributed by atoms with Crippen molar-refractivity contribution in [3.05, 3.63) is 72.0 Å². The molecule has 7 heteroatoms. The molecule has 0 saturated carbocycles. The van der Waals surface area contributed by atoms with Gasteiger partial charge in [-0.05, 0) is 12.5 Å². The number of likely N-dealkylation sites (tertiary alicyclic amines) is 1. The second-order valence-corrected chi connectivity index (χ2v) is 7.80. The number of ether oxygens (including phenoxy) is 1. The van der Waals surface area contributed by atoms with E-state index in [1.807, 2.05) is 48.5 Å². The van der Waals surface area contributed by atoms with Gasteiger partial charge in [-0.15, -0.1) is 0 Å². The van der Waals surface area contributed by atoms with Crippen molar-refractivity contribution in [3.63, 3.8) is 0 Å². The zero-order chi connectivity index (χ0) is 21.6. The Kier molecular flexibility index (Phi) is 6.64. The van der Waals surface area contributed by atoms with Crippen LogP contribution < -0.4 is 10.6 Å². The topological polar surface area (TPSA) is 79.6 Å². The highest BCUT2D eigenvalue weighted by Gasteiger charge is 2.34. The van der Waals surface area contributed by atoms with E-state index in [-0.39, 0.29) is 18.0 Å². The summed E-state index contributed by atoms with van der Waals surface area (Å²) >= 11 is 0. The number of methoxy groups -OCH3 is 1. The standard InChI is InChI=1S/C24H28N4O3/c1-17-22(23(27-31-17)19-11-7-4-8-12-19)26-24(29)25-21-16-28(13-14-30-2)15-20(21)18-9-5-3-6-10-18/h3-12,20-21H,13-16H2,1-2H3,(H2,25,26,29)/t20-,21+/m1/s1. The molecule has 0 bridgehead atoms. The molecule has 31 heavy (non-hydrogen) atoms. The lowest BCUT2D eigenvalue weighted by atomic mass is 9.94. The maximum Gasteiger partial charge on any atom is 0.319 e. The molecule has 0 unspecified atom stereocenters. The molecule has 1 aromatic heterocycles. The third kappa shape index (κ3) is 4.95. The van der Waals surface area contributed by atoms with Gasteiger partial charge < -0.3 is 19.9 Å². The average Bonchev–Trinajstić information content (AvgIpc) is 3.37. The number of benzene rings is 2. The highest BCUT2D eigenvalue weighted by Crippen LogP contribution is 2.31. The SMILES string of the molecule is COCCN1C[C@H](NC(=O)Nc2c(-c3ccccc3)noc2C)[C@@H](c2ccccc2)C1. The summed E-state index contributed by atoms with van der Waals surface area (Å²) in [4.78, 5) is 15.3. The lowest BCUT2D eigenvalue weighted by Crippen LogP contribution is -2.42. The van der Waals surface area contributed by atoms with Crippen LogP contribution in [0.25, 0.3) is 11.3 Å². The Labute approximate surface area is 182 Å². The van der Waals surface area contributed by atoms with Crippen LogP contribution in [0, 0.1) is 6.92 Å². The molecule has 2 heterocycles. The summed E-state index contributed by atoms with van der Waals surface area (Å²) in [6, 6.07) is 19.7. The van der Waals surface area contributed by atoms with Crippen LogP contribution in [0.1, 0.15) is 17.2 Å². The first kappa shape index (κ1) is 21.1. The van der Waals surface area contributed by atoms with E-state index in [1.54, 1.807) is 14.0 Å². The fourth-order valence-corrected chi connectivity index (χ4v) is 4.10. The number of aryl methyl sites for hydroxylation is 1. The van der Waals surface area contributed by atoms with Crippen molar-refractivity contribution < 1.29 is 14.1 Å². The minimum absolute atomic E-state index is 0.0143. The van der Waals surface area contributed by atoms with Crippen LogP contribution in [0.4, 0.5) is 10.5 Å². The predicted octanol–water partition coefficient (Wildman–Crippen LogP) is 3.89. The van der Waals surface area contributed by atoms with Gasteiger partial charge in [-0.3, -0.25) is 4.90 Å². The van der Waals surface area contributed by atoms with Crippen LogP contribution >= 0.6 is 0 Å². The number of carbonyl (C=O) groups is 1. The van der Waals surface area contributed by atoms with Crippen molar-refractivity contribution in [3.8, 4) is 11.3 Å². The Hall–Kier alpha value is -3.16. The van der Waals surface area contributed by atoms with Crippen molar-refractivity contribution in [1.82, 2.24) is 15.4 Å². The number of anilines is 1. The smallest absolute Gasteiger partial charge is 0.319 e. The molecule has 2 aromatic carbocycles. The van der Waals surface area contributed by atoms with Crippen LogP contribution in [0.5, 0.6) is 0 Å². The van der Waals surface area contributed by atoms with E-state index in [1.165, 1.54) is 5.56 Å². The monoisotopic (exact) mass is 420 g/mol. The van der Waals surface area contributed by atoms with Crippen molar-refractivity contribution in [2.24, 2.45) is 0 Å². The van der Waals surface area contributed by atoms with Crippen LogP contribution in [0.3, 0.4) is 0 Å². The van der Waals surface area contributed by atoms with Crippen LogP contribution in [-0.2, 0) is 4.74 Å². The quantitative estimate of drug-likeness (QED) is 0.606. The molecule has 1 aliphatic heterocycles. The normalized spacial score (nSPS) is 18.8.